The average molecular weight is 286 g/mol. The van der Waals surface area contributed by atoms with E-state index in [1.165, 1.54) is 12.1 Å². The molecule has 0 aliphatic rings. The van der Waals surface area contributed by atoms with Gasteiger partial charge in [0.25, 0.3) is 0 Å². The van der Waals surface area contributed by atoms with Crippen LogP contribution in [0.2, 0.25) is 0 Å². The van der Waals surface area contributed by atoms with Crippen LogP contribution in [0.4, 0.5) is 10.1 Å². The van der Waals surface area contributed by atoms with Gasteiger partial charge in [0.15, 0.2) is 0 Å². The van der Waals surface area contributed by atoms with E-state index in [0.29, 0.717) is 18.2 Å². The van der Waals surface area contributed by atoms with Crippen LogP contribution in [0.1, 0.15) is 18.9 Å². The van der Waals surface area contributed by atoms with Gasteiger partial charge in [0.05, 0.1) is 4.92 Å². The minimum absolute atomic E-state index is 0.311. The van der Waals surface area contributed by atoms with Gasteiger partial charge in [-0.25, -0.2) is 0 Å². The van der Waals surface area contributed by atoms with Gasteiger partial charge < -0.3 is 0 Å². The molecule has 0 N–H and O–H groups in total. The number of hydrogen-bond acceptors (Lipinski definition) is 4. The third kappa shape index (κ3) is 4.47. The van der Waals surface area contributed by atoms with Crippen molar-refractivity contribution in [2.75, 3.05) is 19.1 Å². The van der Waals surface area contributed by atoms with Crippen LogP contribution < -0.4 is 0 Å². The number of hydrogen-bond donors (Lipinski definition) is 0. The van der Waals surface area contributed by atoms with Gasteiger partial charge in [-0.2, -0.15) is 16.2 Å². The molecule has 1 aromatic carbocycles. The maximum Gasteiger partial charge on any atom is 0.305 e. The Morgan fingerprint density at radius 2 is 2.21 bits per heavy atom. The molecule has 0 radical (unpaired) electrons. The Hall–Kier alpha value is -1.14. The van der Waals surface area contributed by atoms with E-state index >= 15 is 0 Å². The zero-order valence-corrected chi connectivity index (χ0v) is 12.2. The van der Waals surface area contributed by atoms with Gasteiger partial charge in [0.1, 0.15) is 0 Å². The molecule has 0 heterocycles. The molecule has 6 heteroatoms. The van der Waals surface area contributed by atoms with Crippen LogP contribution in [-0.4, -0.2) is 34.9 Å². The molecule has 1 rings (SSSR count). The van der Waals surface area contributed by atoms with Crippen molar-refractivity contribution in [3.05, 3.63) is 39.7 Å². The summed E-state index contributed by atoms with van der Waals surface area (Å²) >= 11 is 1.77. The molecular formula is C13H19FN2O2S. The quantitative estimate of drug-likeness (QED) is 0.570. The third-order valence-electron chi connectivity index (χ3n) is 3.17. The summed E-state index contributed by atoms with van der Waals surface area (Å²) in [5.41, 5.74) is -0.0876. The van der Waals surface area contributed by atoms with Gasteiger partial charge in [-0.1, -0.05) is 12.1 Å². The second-order valence-electron chi connectivity index (χ2n) is 4.55. The van der Waals surface area contributed by atoms with E-state index in [1.54, 1.807) is 17.8 Å². The highest BCUT2D eigenvalue weighted by Gasteiger charge is 2.19. The van der Waals surface area contributed by atoms with E-state index in [0.717, 1.165) is 12.2 Å². The first-order chi connectivity index (χ1) is 8.97. The van der Waals surface area contributed by atoms with Crippen molar-refractivity contribution < 1.29 is 9.31 Å². The van der Waals surface area contributed by atoms with Crippen molar-refractivity contribution >= 4 is 17.4 Å². The third-order valence-corrected chi connectivity index (χ3v) is 3.81. The van der Waals surface area contributed by atoms with Crippen LogP contribution in [0.3, 0.4) is 0 Å². The monoisotopic (exact) mass is 286 g/mol. The van der Waals surface area contributed by atoms with Gasteiger partial charge in [-0.05, 0) is 32.4 Å². The van der Waals surface area contributed by atoms with Gasteiger partial charge in [-0.15, -0.1) is 0 Å². The molecule has 0 aliphatic carbocycles. The summed E-state index contributed by atoms with van der Waals surface area (Å²) < 4.78 is 13.9. The molecule has 0 saturated heterocycles. The van der Waals surface area contributed by atoms with Crippen molar-refractivity contribution in [3.8, 4) is 0 Å². The van der Waals surface area contributed by atoms with Crippen LogP contribution >= 0.6 is 11.8 Å². The van der Waals surface area contributed by atoms with Crippen LogP contribution in [0.25, 0.3) is 0 Å². The lowest BCUT2D eigenvalue weighted by molar-refractivity contribution is -0.387. The molecule has 1 unspecified atom stereocenters. The number of benzene rings is 1. The van der Waals surface area contributed by atoms with Crippen LogP contribution in [-0.2, 0) is 6.54 Å². The molecule has 19 heavy (non-hydrogen) atoms. The Kier molecular flexibility index (Phi) is 6.24. The number of nitro groups is 1. The highest BCUT2D eigenvalue weighted by atomic mass is 32.2. The maximum absolute atomic E-state index is 13.9. The molecule has 0 aliphatic heterocycles. The normalized spacial score (nSPS) is 12.7. The number of nitrogens with zero attached hydrogens (tertiary/aromatic N) is 2. The Labute approximate surface area is 117 Å². The number of thioether (sulfide) groups is 1. The standard InChI is InChI=1S/C13H19FN2O2S/c1-10(7-8-19-3)15(2)9-11-5-4-6-12(13(11)14)16(17)18/h4-6,10H,7-9H2,1-3H3. The molecule has 0 saturated carbocycles. The molecule has 1 atom stereocenters. The van der Waals surface area contributed by atoms with E-state index < -0.39 is 16.4 Å². The minimum atomic E-state index is -0.726. The summed E-state index contributed by atoms with van der Waals surface area (Å²) in [6.07, 6.45) is 3.06. The van der Waals surface area contributed by atoms with Gasteiger partial charge in [0.2, 0.25) is 5.82 Å². The molecule has 0 spiro atoms. The Morgan fingerprint density at radius 3 is 2.79 bits per heavy atom. The minimum Gasteiger partial charge on any atom is -0.299 e. The fourth-order valence-electron chi connectivity index (χ4n) is 1.76. The van der Waals surface area contributed by atoms with Crippen LogP contribution in [0, 0.1) is 15.9 Å². The van der Waals surface area contributed by atoms with Crippen molar-refractivity contribution in [1.29, 1.82) is 0 Å². The first kappa shape index (κ1) is 15.9. The average Bonchev–Trinajstić information content (AvgIpc) is 2.37. The van der Waals surface area contributed by atoms with Crippen LogP contribution in [0.5, 0.6) is 0 Å². The summed E-state index contributed by atoms with van der Waals surface area (Å²) in [5.74, 6) is 0.319. The lowest BCUT2D eigenvalue weighted by Crippen LogP contribution is -2.29. The Balaban J connectivity index is 2.76. The van der Waals surface area contributed by atoms with Crippen molar-refractivity contribution in [1.82, 2.24) is 4.90 Å². The topological polar surface area (TPSA) is 46.4 Å². The second kappa shape index (κ2) is 7.45. The molecule has 0 bridgehead atoms. The fourth-order valence-corrected chi connectivity index (χ4v) is 2.34. The van der Waals surface area contributed by atoms with E-state index in [9.17, 15) is 14.5 Å². The zero-order chi connectivity index (χ0) is 14.4. The zero-order valence-electron chi connectivity index (χ0n) is 11.4. The second-order valence-corrected chi connectivity index (χ2v) is 5.54. The van der Waals surface area contributed by atoms with E-state index in [1.807, 2.05) is 18.2 Å². The fraction of sp³-hybridized carbons (Fsp3) is 0.538. The summed E-state index contributed by atoms with van der Waals surface area (Å²) in [6, 6.07) is 4.62. The van der Waals surface area contributed by atoms with Gasteiger partial charge in [0, 0.05) is 24.2 Å². The molecular weight excluding hydrogens is 267 g/mol. The predicted octanol–water partition coefficient (Wildman–Crippen LogP) is 3.31. The summed E-state index contributed by atoms with van der Waals surface area (Å²) in [6.45, 7) is 2.45. The Morgan fingerprint density at radius 1 is 1.53 bits per heavy atom. The molecule has 4 nitrogen and oxygen atoms in total. The summed E-state index contributed by atoms with van der Waals surface area (Å²) in [7, 11) is 1.91. The van der Waals surface area contributed by atoms with Gasteiger partial charge in [-0.3, -0.25) is 15.0 Å². The first-order valence-electron chi connectivity index (χ1n) is 6.08. The van der Waals surface area contributed by atoms with Crippen molar-refractivity contribution in [3.63, 3.8) is 0 Å². The van der Waals surface area contributed by atoms with E-state index in [2.05, 4.69) is 6.92 Å². The van der Waals surface area contributed by atoms with Crippen molar-refractivity contribution in [2.24, 2.45) is 0 Å². The summed E-state index contributed by atoms with van der Waals surface area (Å²) in [4.78, 5) is 12.0. The van der Waals surface area contributed by atoms with E-state index in [-0.39, 0.29) is 0 Å². The summed E-state index contributed by atoms with van der Waals surface area (Å²) in [5, 5.41) is 10.7. The highest BCUT2D eigenvalue weighted by Crippen LogP contribution is 2.22. The SMILES string of the molecule is CSCCC(C)N(C)Cc1cccc([N+](=O)[O-])c1F. The predicted molar refractivity (Wildman–Crippen MR) is 77.0 cm³/mol. The maximum atomic E-state index is 13.9. The van der Waals surface area contributed by atoms with E-state index in [4.69, 9.17) is 0 Å². The molecule has 0 amide bonds. The number of halogens is 1. The van der Waals surface area contributed by atoms with Crippen LogP contribution in [0.15, 0.2) is 18.2 Å². The highest BCUT2D eigenvalue weighted by molar-refractivity contribution is 7.98. The van der Waals surface area contributed by atoms with Gasteiger partial charge >= 0.3 is 5.69 Å². The Bertz CT molecular complexity index is 443. The number of rotatable bonds is 7. The number of nitro benzene ring substituents is 1. The molecule has 1 aromatic rings. The smallest absolute Gasteiger partial charge is 0.299 e. The largest absolute Gasteiger partial charge is 0.305 e. The lowest BCUT2D eigenvalue weighted by atomic mass is 10.1. The molecule has 0 fully saturated rings. The lowest BCUT2D eigenvalue weighted by Gasteiger charge is -2.24. The molecule has 0 aromatic heterocycles. The first-order valence-corrected chi connectivity index (χ1v) is 7.47. The van der Waals surface area contributed by atoms with Crippen molar-refractivity contribution in [2.45, 2.75) is 25.9 Å². The molecule has 106 valence electrons.